The van der Waals surface area contributed by atoms with Gasteiger partial charge < -0.3 is 0 Å². The molecule has 15 heavy (non-hydrogen) atoms. The average molecular weight is 255 g/mol. The maximum absolute atomic E-state index is 6.43. The van der Waals surface area contributed by atoms with E-state index in [9.17, 15) is 0 Å². The minimum absolute atomic E-state index is 0.837. The average Bonchev–Trinajstić information content (AvgIpc) is 2.28. The Labute approximate surface area is 100 Å². The standard InChI is InChI=1S/C12H12Cl2Si/c1-2-15(13,14)12-9-5-7-10-6-3-4-8-11(10)12/h3-9H,2H2,1H3. The van der Waals surface area contributed by atoms with E-state index in [-0.39, 0.29) is 0 Å². The van der Waals surface area contributed by atoms with Gasteiger partial charge in [-0.05, 0) is 22.0 Å². The number of hydrogen-bond donors (Lipinski definition) is 0. The molecule has 0 aromatic heterocycles. The molecule has 2 aromatic rings. The van der Waals surface area contributed by atoms with E-state index in [2.05, 4.69) is 24.3 Å². The van der Waals surface area contributed by atoms with Crippen molar-refractivity contribution in [1.82, 2.24) is 0 Å². The van der Waals surface area contributed by atoms with Gasteiger partial charge in [0, 0.05) is 0 Å². The van der Waals surface area contributed by atoms with Gasteiger partial charge in [0.1, 0.15) is 0 Å². The minimum Gasteiger partial charge on any atom is -0.140 e. The third kappa shape index (κ3) is 2.05. The topological polar surface area (TPSA) is 0 Å². The van der Waals surface area contributed by atoms with Crippen LogP contribution in [0.25, 0.3) is 10.8 Å². The lowest BCUT2D eigenvalue weighted by molar-refractivity contribution is 1.44. The van der Waals surface area contributed by atoms with E-state index in [1.165, 1.54) is 10.8 Å². The van der Waals surface area contributed by atoms with Gasteiger partial charge in [-0.15, -0.1) is 22.2 Å². The second-order valence-corrected chi connectivity index (χ2v) is 10.7. The van der Waals surface area contributed by atoms with Crippen molar-refractivity contribution in [3.63, 3.8) is 0 Å². The van der Waals surface area contributed by atoms with Gasteiger partial charge in [-0.3, -0.25) is 0 Å². The number of rotatable bonds is 2. The van der Waals surface area contributed by atoms with Crippen LogP contribution in [0.4, 0.5) is 0 Å². The molecule has 0 aliphatic carbocycles. The Bertz CT molecular complexity index is 475. The van der Waals surface area contributed by atoms with Crippen molar-refractivity contribution >= 4 is 44.8 Å². The van der Waals surface area contributed by atoms with Crippen LogP contribution >= 0.6 is 22.2 Å². The summed E-state index contributed by atoms with van der Waals surface area (Å²) in [4.78, 5) is 0. The summed E-state index contributed by atoms with van der Waals surface area (Å²) in [6.07, 6.45) is 0. The van der Waals surface area contributed by atoms with Crippen molar-refractivity contribution in [2.24, 2.45) is 0 Å². The Kier molecular flexibility index (Phi) is 3.05. The van der Waals surface area contributed by atoms with E-state index in [0.29, 0.717) is 0 Å². The first-order valence-corrected chi connectivity index (χ1v) is 9.24. The molecule has 0 saturated carbocycles. The highest BCUT2D eigenvalue weighted by molar-refractivity contribution is 7.51. The molecule has 3 heteroatoms. The van der Waals surface area contributed by atoms with Crippen molar-refractivity contribution in [3.8, 4) is 0 Å². The van der Waals surface area contributed by atoms with Gasteiger partial charge in [-0.1, -0.05) is 49.4 Å². The van der Waals surface area contributed by atoms with Crippen LogP contribution in [0.2, 0.25) is 6.04 Å². The Morgan fingerprint density at radius 2 is 1.67 bits per heavy atom. The molecule has 0 heterocycles. The predicted octanol–water partition coefficient (Wildman–Crippen LogP) is 3.99. The van der Waals surface area contributed by atoms with Gasteiger partial charge >= 0.3 is 0 Å². The predicted molar refractivity (Wildman–Crippen MR) is 71.5 cm³/mol. The second-order valence-electron chi connectivity index (χ2n) is 3.58. The molecule has 0 saturated heterocycles. The molecule has 2 aromatic carbocycles. The summed E-state index contributed by atoms with van der Waals surface area (Å²) in [6, 6.07) is 15.2. The van der Waals surface area contributed by atoms with Crippen LogP contribution in [0.5, 0.6) is 0 Å². The highest BCUT2D eigenvalue weighted by Crippen LogP contribution is 2.24. The first kappa shape index (κ1) is 11.0. The molecule has 0 aliphatic heterocycles. The lowest BCUT2D eigenvalue weighted by Crippen LogP contribution is -2.35. The molecule has 0 fully saturated rings. The van der Waals surface area contributed by atoms with Crippen LogP contribution < -0.4 is 5.19 Å². The summed E-state index contributed by atoms with van der Waals surface area (Å²) in [5, 5.41) is 3.53. The van der Waals surface area contributed by atoms with E-state index in [1.54, 1.807) is 0 Å². The van der Waals surface area contributed by atoms with Crippen LogP contribution in [-0.4, -0.2) is 6.69 Å². The molecular weight excluding hydrogens is 243 g/mol. The summed E-state index contributed by atoms with van der Waals surface area (Å²) >= 11 is 12.9. The van der Waals surface area contributed by atoms with Gasteiger partial charge in [-0.25, -0.2) is 0 Å². The van der Waals surface area contributed by atoms with Gasteiger partial charge in [-0.2, -0.15) is 0 Å². The largest absolute Gasteiger partial charge is 0.281 e. The van der Waals surface area contributed by atoms with Crippen molar-refractivity contribution < 1.29 is 0 Å². The molecular formula is C12H12Cl2Si. The van der Waals surface area contributed by atoms with Crippen molar-refractivity contribution in [3.05, 3.63) is 42.5 Å². The van der Waals surface area contributed by atoms with Crippen molar-refractivity contribution in [2.75, 3.05) is 0 Å². The van der Waals surface area contributed by atoms with Crippen LogP contribution in [0.1, 0.15) is 6.92 Å². The van der Waals surface area contributed by atoms with Gasteiger partial charge in [0.25, 0.3) is 6.69 Å². The molecule has 0 aliphatic rings. The summed E-state index contributed by atoms with van der Waals surface area (Å²) in [5.41, 5.74) is 0. The van der Waals surface area contributed by atoms with E-state index >= 15 is 0 Å². The first-order chi connectivity index (χ1) is 7.15. The van der Waals surface area contributed by atoms with Gasteiger partial charge in [0.05, 0.1) is 0 Å². The van der Waals surface area contributed by atoms with E-state index in [1.807, 2.05) is 25.1 Å². The zero-order valence-corrected chi connectivity index (χ0v) is 11.0. The smallest absolute Gasteiger partial charge is 0.140 e. The molecule has 2 rings (SSSR count). The third-order valence-corrected chi connectivity index (χ3v) is 7.57. The number of fused-ring (bicyclic) bond motifs is 1. The molecule has 0 spiro atoms. The van der Waals surface area contributed by atoms with E-state index in [4.69, 9.17) is 22.2 Å². The normalized spacial score (nSPS) is 11.9. The summed E-state index contributed by atoms with van der Waals surface area (Å²) in [7, 11) is 0. The van der Waals surface area contributed by atoms with Crippen LogP contribution in [0.3, 0.4) is 0 Å². The molecule has 0 bridgehead atoms. The molecule has 78 valence electrons. The fraction of sp³-hybridized carbons (Fsp3) is 0.167. The maximum atomic E-state index is 6.43. The van der Waals surface area contributed by atoms with Gasteiger partial charge in [0.2, 0.25) is 0 Å². The SMILES string of the molecule is CC[Si](Cl)(Cl)c1cccc2ccccc12. The highest BCUT2D eigenvalue weighted by atomic mass is 35.7. The van der Waals surface area contributed by atoms with Crippen LogP contribution in [0.15, 0.2) is 42.5 Å². The quantitative estimate of drug-likeness (QED) is 0.562. The molecule has 0 radical (unpaired) electrons. The number of benzene rings is 2. The molecule has 0 atom stereocenters. The second kappa shape index (κ2) is 4.16. The van der Waals surface area contributed by atoms with E-state index < -0.39 is 6.69 Å². The number of halogens is 2. The Balaban J connectivity index is 2.71. The Morgan fingerprint density at radius 3 is 2.40 bits per heavy atom. The molecule has 0 unspecified atom stereocenters. The molecule has 0 N–H and O–H groups in total. The first-order valence-electron chi connectivity index (χ1n) is 5.01. The number of hydrogen-bond acceptors (Lipinski definition) is 0. The maximum Gasteiger partial charge on any atom is 0.281 e. The zero-order valence-electron chi connectivity index (χ0n) is 8.50. The zero-order chi connectivity index (χ0) is 10.9. The Morgan fingerprint density at radius 1 is 1.00 bits per heavy atom. The fourth-order valence-electron chi connectivity index (χ4n) is 1.73. The fourth-order valence-corrected chi connectivity index (χ4v) is 4.07. The summed E-state index contributed by atoms with van der Waals surface area (Å²) in [5.74, 6) is 0. The summed E-state index contributed by atoms with van der Waals surface area (Å²) < 4.78 is 0. The highest BCUT2D eigenvalue weighted by Gasteiger charge is 2.29. The van der Waals surface area contributed by atoms with E-state index in [0.717, 1.165) is 11.2 Å². The monoisotopic (exact) mass is 254 g/mol. The van der Waals surface area contributed by atoms with Crippen LogP contribution in [-0.2, 0) is 0 Å². The minimum atomic E-state index is -2.27. The van der Waals surface area contributed by atoms with Crippen LogP contribution in [0, 0.1) is 0 Å². The van der Waals surface area contributed by atoms with Crippen molar-refractivity contribution in [1.29, 1.82) is 0 Å². The van der Waals surface area contributed by atoms with Gasteiger partial charge in [0.15, 0.2) is 0 Å². The lowest BCUT2D eigenvalue weighted by atomic mass is 10.1. The summed E-state index contributed by atoms with van der Waals surface area (Å²) in [6.45, 7) is -0.224. The lowest BCUT2D eigenvalue weighted by Gasteiger charge is -2.17. The third-order valence-electron chi connectivity index (χ3n) is 2.63. The van der Waals surface area contributed by atoms with Crippen molar-refractivity contribution in [2.45, 2.75) is 13.0 Å². The molecule has 0 nitrogen and oxygen atoms in total. The molecule has 0 amide bonds. The Hall–Kier alpha value is -0.503.